The number of allylic oxidation sites excluding steroid dienone is 4. The number of hydrogen-bond donors (Lipinski definition) is 0. The van der Waals surface area contributed by atoms with Crippen LogP contribution in [0.2, 0.25) is 0 Å². The Hall–Kier alpha value is -2.28. The summed E-state index contributed by atoms with van der Waals surface area (Å²) >= 11 is 6.78. The highest BCUT2D eigenvalue weighted by Crippen LogP contribution is 2.67. The topological polar surface area (TPSA) is 104 Å². The summed E-state index contributed by atoms with van der Waals surface area (Å²) in [7, 11) is 0. The summed E-state index contributed by atoms with van der Waals surface area (Å²) in [5.74, 6) is -2.52. The van der Waals surface area contributed by atoms with Crippen LogP contribution in [0.15, 0.2) is 23.8 Å². The molecule has 0 amide bonds. The second-order valence-corrected chi connectivity index (χ2v) is 10.8. The summed E-state index contributed by atoms with van der Waals surface area (Å²) < 4.78 is 10.7. The fourth-order valence-corrected chi connectivity index (χ4v) is 7.75. The number of carbonyl (C=O) groups is 5. The molecular weight excluding hydrogens is 448 g/mol. The molecule has 4 aliphatic carbocycles. The highest BCUT2D eigenvalue weighted by molar-refractivity contribution is 6.23. The van der Waals surface area contributed by atoms with Crippen LogP contribution < -0.4 is 0 Å². The lowest BCUT2D eigenvalue weighted by Crippen LogP contribution is -2.62. The van der Waals surface area contributed by atoms with Crippen molar-refractivity contribution in [2.45, 2.75) is 64.4 Å². The lowest BCUT2D eigenvalue weighted by molar-refractivity contribution is -0.191. The summed E-state index contributed by atoms with van der Waals surface area (Å²) in [6, 6.07) is 0. The van der Waals surface area contributed by atoms with Gasteiger partial charge >= 0.3 is 11.9 Å². The zero-order valence-electron chi connectivity index (χ0n) is 19.3. The lowest BCUT2D eigenvalue weighted by atomic mass is 9.46. The van der Waals surface area contributed by atoms with Gasteiger partial charge in [0.1, 0.15) is 5.78 Å². The van der Waals surface area contributed by atoms with Crippen molar-refractivity contribution in [1.29, 1.82) is 0 Å². The third-order valence-electron chi connectivity index (χ3n) is 8.53. The maximum Gasteiger partial charge on any atom is 0.303 e. The quantitative estimate of drug-likeness (QED) is 0.453. The minimum Gasteiger partial charge on any atom is -0.458 e. The van der Waals surface area contributed by atoms with E-state index in [1.165, 1.54) is 19.9 Å². The highest BCUT2D eigenvalue weighted by atomic mass is 35.5. The molecule has 0 unspecified atom stereocenters. The molecule has 0 N–H and O–H groups in total. The van der Waals surface area contributed by atoms with Gasteiger partial charge in [0.2, 0.25) is 5.78 Å². The highest BCUT2D eigenvalue weighted by Gasteiger charge is 2.71. The smallest absolute Gasteiger partial charge is 0.303 e. The third-order valence-corrected chi connectivity index (χ3v) is 8.95. The fourth-order valence-electron chi connectivity index (χ4n) is 7.24. The number of carbonyl (C=O) groups excluding carboxylic acids is 5. The average molecular weight is 477 g/mol. The van der Waals surface area contributed by atoms with E-state index < -0.39 is 46.1 Å². The zero-order valence-corrected chi connectivity index (χ0v) is 20.1. The minimum atomic E-state index is -1.54. The molecular formula is C25H29ClO7. The van der Waals surface area contributed by atoms with E-state index in [1.807, 2.05) is 13.8 Å². The molecule has 8 heteroatoms. The number of Topliss-reactive ketones (excluding diaryl/α,β-unsaturated/α-hetero) is 2. The van der Waals surface area contributed by atoms with Crippen molar-refractivity contribution in [1.82, 2.24) is 0 Å². The van der Waals surface area contributed by atoms with Gasteiger partial charge in [-0.3, -0.25) is 24.0 Å². The first-order valence-electron chi connectivity index (χ1n) is 11.3. The van der Waals surface area contributed by atoms with Crippen molar-refractivity contribution in [3.63, 3.8) is 0 Å². The number of fused-ring (bicyclic) bond motifs is 5. The van der Waals surface area contributed by atoms with Crippen molar-refractivity contribution < 1.29 is 33.4 Å². The maximum absolute atomic E-state index is 13.8. The molecule has 178 valence electrons. The van der Waals surface area contributed by atoms with Gasteiger partial charge in [0.05, 0.1) is 5.38 Å². The third kappa shape index (κ3) is 3.42. The van der Waals surface area contributed by atoms with Crippen molar-refractivity contribution >= 4 is 40.9 Å². The number of halogens is 1. The standard InChI is InChI=1S/C25H29ClO7/c1-13(27)32-12-21(31)25(33-14(2)28)8-6-17-16-10-19(26)18-9-15(29)5-7-23(18,3)22(16)20(30)11-24(17,25)4/h5,7,9,16-17,19,22H,6,8,10-12H2,1-4H3/t16-,17-,19-,22+,23-,24-,25-/m0/s1. The number of ketones is 3. The Bertz CT molecular complexity index is 1010. The second kappa shape index (κ2) is 7.90. The molecule has 4 rings (SSSR count). The molecule has 0 aromatic rings. The Kier molecular flexibility index (Phi) is 5.71. The normalized spacial score (nSPS) is 41.4. The molecule has 0 spiro atoms. The Balaban J connectivity index is 1.76. The van der Waals surface area contributed by atoms with Gasteiger partial charge in [0.25, 0.3) is 0 Å². The van der Waals surface area contributed by atoms with E-state index in [2.05, 4.69) is 0 Å². The molecule has 4 aliphatic rings. The molecule has 3 fully saturated rings. The predicted octanol–water partition coefficient (Wildman–Crippen LogP) is 3.12. The summed E-state index contributed by atoms with van der Waals surface area (Å²) in [5.41, 5.74) is -2.39. The van der Waals surface area contributed by atoms with Gasteiger partial charge < -0.3 is 9.47 Å². The molecule has 0 bridgehead atoms. The van der Waals surface area contributed by atoms with Crippen molar-refractivity contribution in [3.05, 3.63) is 23.8 Å². The molecule has 3 saturated carbocycles. The van der Waals surface area contributed by atoms with E-state index >= 15 is 0 Å². The van der Waals surface area contributed by atoms with Crippen LogP contribution in [0.5, 0.6) is 0 Å². The monoisotopic (exact) mass is 476 g/mol. The first kappa shape index (κ1) is 23.9. The molecule has 7 atom stereocenters. The number of alkyl halides is 1. The van der Waals surface area contributed by atoms with Crippen molar-refractivity contribution in [2.75, 3.05) is 6.61 Å². The van der Waals surface area contributed by atoms with Gasteiger partial charge in [-0.15, -0.1) is 11.6 Å². The summed E-state index contributed by atoms with van der Waals surface area (Å²) in [5, 5.41) is -0.416. The largest absolute Gasteiger partial charge is 0.458 e. The van der Waals surface area contributed by atoms with E-state index in [-0.39, 0.29) is 42.2 Å². The number of esters is 2. The Morgan fingerprint density at radius 3 is 2.48 bits per heavy atom. The SMILES string of the molecule is CC(=O)OCC(=O)[C@@]1(OC(C)=O)CC[C@H]2[C@@H]3C[C@H](Cl)C4=CC(=O)C=C[C@]4(C)[C@H]3C(=O)C[C@@]21C. The molecule has 33 heavy (non-hydrogen) atoms. The molecule has 0 aromatic heterocycles. The second-order valence-electron chi connectivity index (χ2n) is 10.3. The van der Waals surface area contributed by atoms with Crippen LogP contribution >= 0.6 is 11.6 Å². The molecule has 0 heterocycles. The first-order chi connectivity index (χ1) is 15.4. The van der Waals surface area contributed by atoms with Gasteiger partial charge in [0, 0.05) is 37.0 Å². The van der Waals surface area contributed by atoms with Gasteiger partial charge in [-0.05, 0) is 48.8 Å². The predicted molar refractivity (Wildman–Crippen MR) is 118 cm³/mol. The van der Waals surface area contributed by atoms with Gasteiger partial charge in [-0.25, -0.2) is 0 Å². The maximum atomic E-state index is 13.8. The van der Waals surface area contributed by atoms with Crippen LogP contribution in [0.4, 0.5) is 0 Å². The van der Waals surface area contributed by atoms with Gasteiger partial charge in [-0.1, -0.05) is 19.9 Å². The summed E-state index contributed by atoms with van der Waals surface area (Å²) in [4.78, 5) is 62.6. The molecule has 0 aromatic carbocycles. The molecule has 0 radical (unpaired) electrons. The molecule has 0 saturated heterocycles. The van der Waals surface area contributed by atoms with Gasteiger partial charge in [0.15, 0.2) is 18.0 Å². The lowest BCUT2D eigenvalue weighted by Gasteiger charge is -2.57. The Morgan fingerprint density at radius 2 is 1.85 bits per heavy atom. The van der Waals surface area contributed by atoms with Crippen molar-refractivity contribution in [3.8, 4) is 0 Å². The van der Waals surface area contributed by atoms with Crippen LogP contribution in [-0.2, 0) is 33.4 Å². The Labute approximate surface area is 197 Å². The van der Waals surface area contributed by atoms with Crippen LogP contribution in [-0.4, -0.2) is 46.9 Å². The number of ether oxygens (including phenoxy) is 2. The zero-order chi connectivity index (χ0) is 24.3. The molecule has 7 nitrogen and oxygen atoms in total. The summed E-state index contributed by atoms with van der Waals surface area (Å²) in [6.45, 7) is 5.72. The first-order valence-corrected chi connectivity index (χ1v) is 11.8. The van der Waals surface area contributed by atoms with Crippen LogP contribution in [0, 0.1) is 28.6 Å². The minimum absolute atomic E-state index is 0.0339. The van der Waals surface area contributed by atoms with Crippen LogP contribution in [0.1, 0.15) is 53.4 Å². The van der Waals surface area contributed by atoms with E-state index in [4.69, 9.17) is 21.1 Å². The van der Waals surface area contributed by atoms with E-state index in [0.29, 0.717) is 12.8 Å². The number of hydrogen-bond acceptors (Lipinski definition) is 7. The fraction of sp³-hybridized carbons (Fsp3) is 0.640. The molecule has 0 aliphatic heterocycles. The average Bonchev–Trinajstić information content (AvgIpc) is 2.99. The van der Waals surface area contributed by atoms with E-state index in [1.54, 1.807) is 12.2 Å². The van der Waals surface area contributed by atoms with E-state index in [9.17, 15) is 24.0 Å². The van der Waals surface area contributed by atoms with Crippen LogP contribution in [0.3, 0.4) is 0 Å². The van der Waals surface area contributed by atoms with Crippen LogP contribution in [0.25, 0.3) is 0 Å². The number of rotatable bonds is 4. The van der Waals surface area contributed by atoms with Gasteiger partial charge in [-0.2, -0.15) is 0 Å². The summed E-state index contributed by atoms with van der Waals surface area (Å²) in [6.07, 6.45) is 6.23. The van der Waals surface area contributed by atoms with E-state index in [0.717, 1.165) is 5.57 Å². The van der Waals surface area contributed by atoms with Crippen molar-refractivity contribution in [2.24, 2.45) is 28.6 Å². The Morgan fingerprint density at radius 1 is 1.15 bits per heavy atom.